The number of rotatable bonds is 4. The zero-order valence-corrected chi connectivity index (χ0v) is 10.6. The Bertz CT molecular complexity index is 687. The van der Waals surface area contributed by atoms with E-state index in [1.807, 2.05) is 12.3 Å². The number of para-hydroxylation sites is 1. The highest BCUT2D eigenvalue weighted by atomic mass is 16.5. The highest BCUT2D eigenvalue weighted by molar-refractivity contribution is 5.81. The summed E-state index contributed by atoms with van der Waals surface area (Å²) in [5, 5.41) is 8.00. The van der Waals surface area contributed by atoms with E-state index in [9.17, 15) is 0 Å². The predicted octanol–water partition coefficient (Wildman–Crippen LogP) is 2.58. The number of nitrogens with zero attached hydrogens (tertiary/aromatic N) is 3. The number of fused-ring (bicyclic) bond motifs is 1. The lowest BCUT2D eigenvalue weighted by atomic mass is 10.1. The van der Waals surface area contributed by atoms with Crippen molar-refractivity contribution >= 4 is 16.9 Å². The minimum Gasteiger partial charge on any atom is -0.337 e. The predicted molar refractivity (Wildman–Crippen MR) is 73.0 cm³/mol. The van der Waals surface area contributed by atoms with Gasteiger partial charge in [0.05, 0.1) is 5.52 Å². The number of hydrogen-bond donors (Lipinski definition) is 1. The number of aromatic nitrogens is 3. The van der Waals surface area contributed by atoms with Crippen LogP contribution in [-0.2, 0) is 6.42 Å². The standard InChI is InChI=1S/C14H14N4O/c1-10-17-14(19-18-10)16-9-7-12-5-2-4-11-6-3-8-15-13(11)12/h2-6,8H,7,9H2,1H3,(H,16,17,18). The summed E-state index contributed by atoms with van der Waals surface area (Å²) in [5.41, 5.74) is 2.26. The second kappa shape index (κ2) is 5.06. The highest BCUT2D eigenvalue weighted by Gasteiger charge is 2.04. The first-order valence-corrected chi connectivity index (χ1v) is 6.20. The molecule has 2 heterocycles. The summed E-state index contributed by atoms with van der Waals surface area (Å²) in [6.45, 7) is 2.53. The van der Waals surface area contributed by atoms with Gasteiger partial charge in [-0.05, 0) is 25.0 Å². The summed E-state index contributed by atoms with van der Waals surface area (Å²) in [4.78, 5) is 8.53. The third kappa shape index (κ3) is 2.54. The largest absolute Gasteiger partial charge is 0.337 e. The molecule has 0 unspecified atom stereocenters. The molecule has 0 aliphatic carbocycles. The number of pyridine rings is 1. The van der Waals surface area contributed by atoms with Gasteiger partial charge in [-0.25, -0.2) is 0 Å². The molecule has 3 aromatic rings. The average Bonchev–Trinajstić information content (AvgIpc) is 2.85. The maximum atomic E-state index is 5.00. The van der Waals surface area contributed by atoms with Crippen molar-refractivity contribution in [1.82, 2.24) is 15.1 Å². The zero-order valence-electron chi connectivity index (χ0n) is 10.6. The van der Waals surface area contributed by atoms with Crippen molar-refractivity contribution < 1.29 is 4.52 Å². The molecule has 0 aliphatic heterocycles. The van der Waals surface area contributed by atoms with Gasteiger partial charge in [0.1, 0.15) is 0 Å². The maximum absolute atomic E-state index is 5.00. The van der Waals surface area contributed by atoms with Crippen molar-refractivity contribution in [1.29, 1.82) is 0 Å². The molecule has 5 nitrogen and oxygen atoms in total. The van der Waals surface area contributed by atoms with Gasteiger partial charge < -0.3 is 9.84 Å². The van der Waals surface area contributed by atoms with E-state index in [1.165, 1.54) is 5.56 Å². The van der Waals surface area contributed by atoms with Crippen molar-refractivity contribution in [3.63, 3.8) is 0 Å². The molecule has 0 bridgehead atoms. The fraction of sp³-hybridized carbons (Fsp3) is 0.214. The molecule has 0 atom stereocenters. The SMILES string of the molecule is Cc1noc(NCCc2cccc3cccnc23)n1. The van der Waals surface area contributed by atoms with Gasteiger partial charge >= 0.3 is 6.01 Å². The molecule has 19 heavy (non-hydrogen) atoms. The van der Waals surface area contributed by atoms with Crippen molar-refractivity contribution in [3.05, 3.63) is 47.9 Å². The van der Waals surface area contributed by atoms with E-state index in [0.29, 0.717) is 11.8 Å². The summed E-state index contributed by atoms with van der Waals surface area (Å²) >= 11 is 0. The summed E-state index contributed by atoms with van der Waals surface area (Å²) in [6.07, 6.45) is 2.68. The molecule has 0 amide bonds. The van der Waals surface area contributed by atoms with E-state index in [1.54, 1.807) is 6.92 Å². The molecular weight excluding hydrogens is 240 g/mol. The third-order valence-electron chi connectivity index (χ3n) is 2.91. The number of hydrogen-bond acceptors (Lipinski definition) is 5. The summed E-state index contributed by atoms with van der Waals surface area (Å²) < 4.78 is 5.00. The monoisotopic (exact) mass is 254 g/mol. The zero-order chi connectivity index (χ0) is 13.1. The van der Waals surface area contributed by atoms with Gasteiger partial charge in [0, 0.05) is 18.1 Å². The molecule has 2 aromatic heterocycles. The highest BCUT2D eigenvalue weighted by Crippen LogP contribution is 2.16. The summed E-state index contributed by atoms with van der Waals surface area (Å²) in [6, 6.07) is 10.7. The van der Waals surface area contributed by atoms with Crippen molar-refractivity contribution in [3.8, 4) is 0 Å². The minimum atomic E-state index is 0.464. The Kier molecular flexibility index (Phi) is 3.10. The molecular formula is C14H14N4O. The van der Waals surface area contributed by atoms with Crippen LogP contribution in [0.5, 0.6) is 0 Å². The number of benzene rings is 1. The molecule has 0 aliphatic rings. The van der Waals surface area contributed by atoms with Gasteiger partial charge in [-0.2, -0.15) is 4.98 Å². The minimum absolute atomic E-state index is 0.464. The van der Waals surface area contributed by atoms with Crippen LogP contribution in [0, 0.1) is 6.92 Å². The summed E-state index contributed by atoms with van der Waals surface area (Å²) in [5.74, 6) is 0.634. The smallest absolute Gasteiger partial charge is 0.321 e. The molecule has 96 valence electrons. The molecule has 0 fully saturated rings. The molecule has 5 heteroatoms. The normalized spacial score (nSPS) is 10.8. The van der Waals surface area contributed by atoms with Gasteiger partial charge in [0.2, 0.25) is 0 Å². The van der Waals surface area contributed by atoms with E-state index in [4.69, 9.17) is 4.52 Å². The Balaban J connectivity index is 1.71. The molecule has 0 spiro atoms. The molecule has 3 rings (SSSR count). The summed E-state index contributed by atoms with van der Waals surface area (Å²) in [7, 11) is 0. The topological polar surface area (TPSA) is 63.8 Å². The van der Waals surface area contributed by atoms with Crippen molar-refractivity contribution in [2.45, 2.75) is 13.3 Å². The van der Waals surface area contributed by atoms with Gasteiger partial charge in [-0.15, -0.1) is 0 Å². The third-order valence-corrected chi connectivity index (χ3v) is 2.91. The van der Waals surface area contributed by atoms with Gasteiger partial charge in [-0.1, -0.05) is 29.4 Å². The molecule has 0 radical (unpaired) electrons. The van der Waals surface area contributed by atoms with Crippen molar-refractivity contribution in [2.24, 2.45) is 0 Å². The van der Waals surface area contributed by atoms with E-state index in [0.717, 1.165) is 23.9 Å². The van der Waals surface area contributed by atoms with Crippen LogP contribution in [0.2, 0.25) is 0 Å². The Labute approximate surface area is 110 Å². The lowest BCUT2D eigenvalue weighted by molar-refractivity contribution is 0.425. The molecule has 0 saturated heterocycles. The van der Waals surface area contributed by atoms with E-state index >= 15 is 0 Å². The van der Waals surface area contributed by atoms with Crippen LogP contribution in [0.4, 0.5) is 6.01 Å². The quantitative estimate of drug-likeness (QED) is 0.775. The van der Waals surface area contributed by atoms with Crippen molar-refractivity contribution in [2.75, 3.05) is 11.9 Å². The lowest BCUT2D eigenvalue weighted by Gasteiger charge is -2.05. The number of aryl methyl sites for hydroxylation is 1. The van der Waals surface area contributed by atoms with Gasteiger partial charge in [0.25, 0.3) is 0 Å². The first-order valence-electron chi connectivity index (χ1n) is 6.20. The van der Waals surface area contributed by atoms with Crippen LogP contribution in [0.1, 0.15) is 11.4 Å². The van der Waals surface area contributed by atoms with Crippen LogP contribution in [0.3, 0.4) is 0 Å². The van der Waals surface area contributed by atoms with E-state index in [2.05, 4.69) is 44.7 Å². The van der Waals surface area contributed by atoms with Crippen LogP contribution < -0.4 is 5.32 Å². The Morgan fingerprint density at radius 3 is 2.95 bits per heavy atom. The first kappa shape index (κ1) is 11.6. The fourth-order valence-electron chi connectivity index (χ4n) is 2.04. The number of nitrogens with one attached hydrogen (secondary N) is 1. The van der Waals surface area contributed by atoms with Crippen LogP contribution in [0.25, 0.3) is 10.9 Å². The Morgan fingerprint density at radius 2 is 2.11 bits per heavy atom. The second-order valence-electron chi connectivity index (χ2n) is 4.32. The number of anilines is 1. The average molecular weight is 254 g/mol. The van der Waals surface area contributed by atoms with E-state index in [-0.39, 0.29) is 0 Å². The van der Waals surface area contributed by atoms with Crippen LogP contribution >= 0.6 is 0 Å². The fourth-order valence-corrected chi connectivity index (χ4v) is 2.04. The Hall–Kier alpha value is -2.43. The Morgan fingerprint density at radius 1 is 1.21 bits per heavy atom. The van der Waals surface area contributed by atoms with Crippen LogP contribution in [0.15, 0.2) is 41.1 Å². The first-order chi connectivity index (χ1) is 9.33. The van der Waals surface area contributed by atoms with Crippen LogP contribution in [-0.4, -0.2) is 21.7 Å². The second-order valence-corrected chi connectivity index (χ2v) is 4.32. The molecule has 1 aromatic carbocycles. The lowest BCUT2D eigenvalue weighted by Crippen LogP contribution is -2.05. The molecule has 0 saturated carbocycles. The maximum Gasteiger partial charge on any atom is 0.321 e. The van der Waals surface area contributed by atoms with Gasteiger partial charge in [0.15, 0.2) is 5.82 Å². The molecule has 1 N–H and O–H groups in total. The van der Waals surface area contributed by atoms with E-state index < -0.39 is 0 Å². The van der Waals surface area contributed by atoms with Gasteiger partial charge in [-0.3, -0.25) is 4.98 Å².